The van der Waals surface area contributed by atoms with Gasteiger partial charge in [0.25, 0.3) is 0 Å². The van der Waals surface area contributed by atoms with E-state index in [1.165, 1.54) is 0 Å². The van der Waals surface area contributed by atoms with Crippen molar-refractivity contribution in [3.63, 3.8) is 0 Å². The van der Waals surface area contributed by atoms with Gasteiger partial charge in [0.1, 0.15) is 6.04 Å². The Balaban J connectivity index is 2.18. The lowest BCUT2D eigenvalue weighted by Crippen LogP contribution is -2.60. The van der Waals surface area contributed by atoms with Crippen LogP contribution in [0.5, 0.6) is 0 Å². The molecule has 2 saturated heterocycles. The second-order valence-corrected chi connectivity index (χ2v) is 5.30. The van der Waals surface area contributed by atoms with Crippen molar-refractivity contribution < 1.29 is 9.59 Å². The maximum absolute atomic E-state index is 12.1. The van der Waals surface area contributed by atoms with Crippen molar-refractivity contribution in [3.05, 3.63) is 0 Å². The number of fused-ring (bicyclic) bond motifs is 1. The molecule has 84 valence electrons. The predicted molar refractivity (Wildman–Crippen MR) is 56.2 cm³/mol. The summed E-state index contributed by atoms with van der Waals surface area (Å²) in [5, 5.41) is 0. The van der Waals surface area contributed by atoms with E-state index in [1.54, 1.807) is 4.90 Å². The van der Waals surface area contributed by atoms with Crippen molar-refractivity contribution >= 4 is 11.8 Å². The zero-order valence-electron chi connectivity index (χ0n) is 9.62. The fraction of sp³-hybridized carbons (Fsp3) is 0.818. The van der Waals surface area contributed by atoms with Crippen LogP contribution in [-0.4, -0.2) is 46.3 Å². The van der Waals surface area contributed by atoms with Gasteiger partial charge in [-0.3, -0.25) is 9.59 Å². The molecule has 15 heavy (non-hydrogen) atoms. The highest BCUT2D eigenvalue weighted by Crippen LogP contribution is 2.27. The average Bonchev–Trinajstić information content (AvgIpc) is 2.47. The summed E-state index contributed by atoms with van der Waals surface area (Å²) in [6.45, 7) is 7.49. The molecule has 1 unspecified atom stereocenters. The molecule has 0 radical (unpaired) electrons. The SMILES string of the molecule is CC(C)(C)N1CCN2C(=O)CCC2C1=O. The first-order valence-corrected chi connectivity index (χ1v) is 5.52. The van der Waals surface area contributed by atoms with E-state index in [4.69, 9.17) is 0 Å². The summed E-state index contributed by atoms with van der Waals surface area (Å²) < 4.78 is 0. The highest BCUT2D eigenvalue weighted by molar-refractivity contribution is 5.92. The molecule has 0 aromatic carbocycles. The van der Waals surface area contributed by atoms with Crippen LogP contribution in [0.4, 0.5) is 0 Å². The molecule has 0 aromatic rings. The minimum Gasteiger partial charge on any atom is -0.334 e. The van der Waals surface area contributed by atoms with Crippen molar-refractivity contribution in [2.75, 3.05) is 13.1 Å². The van der Waals surface area contributed by atoms with Crippen LogP contribution in [0.15, 0.2) is 0 Å². The van der Waals surface area contributed by atoms with Crippen LogP contribution >= 0.6 is 0 Å². The third-order valence-corrected chi connectivity index (χ3v) is 3.25. The van der Waals surface area contributed by atoms with Gasteiger partial charge in [-0.2, -0.15) is 0 Å². The van der Waals surface area contributed by atoms with Gasteiger partial charge in [0.15, 0.2) is 0 Å². The van der Waals surface area contributed by atoms with E-state index < -0.39 is 0 Å². The monoisotopic (exact) mass is 210 g/mol. The number of hydrogen-bond donors (Lipinski definition) is 0. The molecule has 4 heteroatoms. The minimum absolute atomic E-state index is 0.125. The molecule has 0 aromatic heterocycles. The van der Waals surface area contributed by atoms with E-state index in [9.17, 15) is 9.59 Å². The summed E-state index contributed by atoms with van der Waals surface area (Å²) in [4.78, 5) is 27.2. The van der Waals surface area contributed by atoms with E-state index in [1.807, 2.05) is 25.7 Å². The largest absolute Gasteiger partial charge is 0.334 e. The van der Waals surface area contributed by atoms with E-state index in [0.717, 1.165) is 0 Å². The van der Waals surface area contributed by atoms with Crippen LogP contribution in [0.25, 0.3) is 0 Å². The standard InChI is InChI=1S/C11H18N2O2/c1-11(2,3)13-7-6-12-8(10(13)15)4-5-9(12)14/h8H,4-7H2,1-3H3. The van der Waals surface area contributed by atoms with Gasteiger partial charge in [0.05, 0.1) is 0 Å². The number of carbonyl (C=O) groups excluding carboxylic acids is 2. The molecule has 1 atom stereocenters. The van der Waals surface area contributed by atoms with Gasteiger partial charge in [-0.05, 0) is 27.2 Å². The van der Waals surface area contributed by atoms with Gasteiger partial charge >= 0.3 is 0 Å². The molecular formula is C11H18N2O2. The van der Waals surface area contributed by atoms with Gasteiger partial charge in [0.2, 0.25) is 11.8 Å². The van der Waals surface area contributed by atoms with Crippen molar-refractivity contribution in [2.24, 2.45) is 0 Å². The lowest BCUT2D eigenvalue weighted by Gasteiger charge is -2.43. The Morgan fingerprint density at radius 2 is 1.87 bits per heavy atom. The van der Waals surface area contributed by atoms with Crippen molar-refractivity contribution in [3.8, 4) is 0 Å². The molecule has 4 nitrogen and oxygen atoms in total. The smallest absolute Gasteiger partial charge is 0.245 e. The second kappa shape index (κ2) is 3.22. The maximum Gasteiger partial charge on any atom is 0.245 e. The fourth-order valence-electron chi connectivity index (χ4n) is 2.43. The topological polar surface area (TPSA) is 40.6 Å². The number of rotatable bonds is 0. The third-order valence-electron chi connectivity index (χ3n) is 3.25. The second-order valence-electron chi connectivity index (χ2n) is 5.30. The minimum atomic E-state index is -0.175. The molecule has 2 rings (SSSR count). The first-order valence-electron chi connectivity index (χ1n) is 5.52. The van der Waals surface area contributed by atoms with Crippen LogP contribution in [-0.2, 0) is 9.59 Å². The molecule has 2 aliphatic rings. The number of nitrogens with zero attached hydrogens (tertiary/aromatic N) is 2. The summed E-state index contributed by atoms with van der Waals surface area (Å²) >= 11 is 0. The molecule has 0 aliphatic carbocycles. The van der Waals surface area contributed by atoms with Crippen molar-refractivity contribution in [1.82, 2.24) is 9.80 Å². The lowest BCUT2D eigenvalue weighted by atomic mass is 10.0. The summed E-state index contributed by atoms with van der Waals surface area (Å²) in [6.07, 6.45) is 1.23. The number of carbonyl (C=O) groups is 2. The first kappa shape index (κ1) is 10.5. The molecular weight excluding hydrogens is 192 g/mol. The Hall–Kier alpha value is -1.06. The zero-order chi connectivity index (χ0) is 11.2. The summed E-state index contributed by atoms with van der Waals surface area (Å²) in [5.41, 5.74) is -0.130. The molecule has 2 fully saturated rings. The summed E-state index contributed by atoms with van der Waals surface area (Å²) in [6, 6.07) is -0.175. The first-order chi connectivity index (χ1) is 6.91. The molecule has 0 saturated carbocycles. The number of piperazine rings is 1. The molecule has 0 bridgehead atoms. The summed E-state index contributed by atoms with van der Waals surface area (Å²) in [5.74, 6) is 0.265. The fourth-order valence-corrected chi connectivity index (χ4v) is 2.43. The molecule has 2 aliphatic heterocycles. The van der Waals surface area contributed by atoms with Crippen molar-refractivity contribution in [2.45, 2.75) is 45.2 Å². The van der Waals surface area contributed by atoms with Crippen LogP contribution in [0.2, 0.25) is 0 Å². The van der Waals surface area contributed by atoms with Gasteiger partial charge in [0, 0.05) is 25.0 Å². The third kappa shape index (κ3) is 1.62. The Labute approximate surface area is 90.2 Å². The van der Waals surface area contributed by atoms with Crippen LogP contribution in [0.3, 0.4) is 0 Å². The maximum atomic E-state index is 12.1. The van der Waals surface area contributed by atoms with Gasteiger partial charge < -0.3 is 9.80 Å². The molecule has 2 heterocycles. The Kier molecular flexibility index (Phi) is 2.24. The summed E-state index contributed by atoms with van der Waals surface area (Å²) in [7, 11) is 0. The van der Waals surface area contributed by atoms with Gasteiger partial charge in [-0.1, -0.05) is 0 Å². The number of hydrogen-bond acceptors (Lipinski definition) is 2. The normalized spacial score (nSPS) is 27.3. The molecule has 0 spiro atoms. The molecule has 0 N–H and O–H groups in total. The van der Waals surface area contributed by atoms with Gasteiger partial charge in [-0.15, -0.1) is 0 Å². The van der Waals surface area contributed by atoms with Gasteiger partial charge in [-0.25, -0.2) is 0 Å². The van der Waals surface area contributed by atoms with Crippen LogP contribution in [0.1, 0.15) is 33.6 Å². The Bertz CT molecular complexity index is 306. The predicted octanol–water partition coefficient (Wildman–Crippen LogP) is 0.618. The average molecular weight is 210 g/mol. The highest BCUT2D eigenvalue weighted by atomic mass is 16.2. The van der Waals surface area contributed by atoms with E-state index in [-0.39, 0.29) is 23.4 Å². The lowest BCUT2D eigenvalue weighted by molar-refractivity contribution is -0.151. The number of amides is 2. The van der Waals surface area contributed by atoms with Crippen molar-refractivity contribution in [1.29, 1.82) is 0 Å². The van der Waals surface area contributed by atoms with E-state index >= 15 is 0 Å². The Morgan fingerprint density at radius 3 is 2.47 bits per heavy atom. The quantitative estimate of drug-likeness (QED) is 0.588. The zero-order valence-corrected chi connectivity index (χ0v) is 9.62. The van der Waals surface area contributed by atoms with E-state index in [0.29, 0.717) is 25.9 Å². The van der Waals surface area contributed by atoms with E-state index in [2.05, 4.69) is 0 Å². The Morgan fingerprint density at radius 1 is 1.20 bits per heavy atom. The molecule has 2 amide bonds. The highest BCUT2D eigenvalue weighted by Gasteiger charge is 2.44. The van der Waals surface area contributed by atoms with Crippen LogP contribution in [0, 0.1) is 0 Å². The van der Waals surface area contributed by atoms with Crippen LogP contribution < -0.4 is 0 Å².